The van der Waals surface area contributed by atoms with Gasteiger partial charge in [-0.15, -0.1) is 0 Å². The average molecular weight is 1480 g/mol. The molecule has 0 saturated carbocycles. The summed E-state index contributed by atoms with van der Waals surface area (Å²) >= 11 is 0. The summed E-state index contributed by atoms with van der Waals surface area (Å²) in [4.78, 5) is 14.3. The number of halogens is 5. The maximum Gasteiger partial charge on any atom is 0.200 e. The van der Waals surface area contributed by atoms with E-state index in [4.69, 9.17) is 33.4 Å². The third kappa shape index (κ3) is 9.75. The van der Waals surface area contributed by atoms with Crippen LogP contribution in [0.25, 0.3) is 213 Å². The van der Waals surface area contributed by atoms with Gasteiger partial charge in [0, 0.05) is 52.2 Å². The van der Waals surface area contributed by atoms with Crippen LogP contribution in [-0.2, 0) is 0 Å². The summed E-state index contributed by atoms with van der Waals surface area (Å²) in [6.07, 6.45) is 5.29. The van der Waals surface area contributed by atoms with Crippen molar-refractivity contribution >= 4 is 163 Å². The van der Waals surface area contributed by atoms with Gasteiger partial charge in [0.25, 0.3) is 0 Å². The Labute approximate surface area is 655 Å². The summed E-state index contributed by atoms with van der Waals surface area (Å²) in [6, 6.07) is 76.6. The highest BCUT2D eigenvalue weighted by atomic mass is 19.2. The van der Waals surface area contributed by atoms with Crippen molar-refractivity contribution in [3.8, 4) is 56.2 Å². The fraction of sp³-hybridized carbons (Fsp3) is 0.0198. The lowest BCUT2D eigenvalue weighted by Gasteiger charge is -2.16. The van der Waals surface area contributed by atoms with Crippen molar-refractivity contribution < 1.29 is 40.4 Å². The number of hydrogen-bond donors (Lipinski definition) is 0. The zero-order valence-electron chi connectivity index (χ0n) is 69.8. The predicted molar refractivity (Wildman–Crippen MR) is 454 cm³/mol. The van der Waals surface area contributed by atoms with Gasteiger partial charge >= 0.3 is 0 Å². The topological polar surface area (TPSA) is 62.7 Å². The molecule has 0 bridgehead atoms. The molecule has 0 unspecified atom stereocenters. The predicted octanol–water partition coefficient (Wildman–Crippen LogP) is 27.2. The Morgan fingerprint density at radius 1 is 0.292 bits per heavy atom. The Morgan fingerprint density at radius 2 is 0.664 bits per heavy atom. The van der Waals surface area contributed by atoms with Crippen molar-refractivity contribution in [3.63, 3.8) is 0 Å². The van der Waals surface area contributed by atoms with Crippen LogP contribution in [0.15, 0.2) is 322 Å². The first-order valence-electron chi connectivity index (χ1n) is 41.6. The summed E-state index contributed by atoms with van der Waals surface area (Å²) in [6.45, 7) is 2.11. The molecule has 6 aromatic heterocycles. The van der Waals surface area contributed by atoms with E-state index in [2.05, 4.69) is 119 Å². The third-order valence-electron chi connectivity index (χ3n) is 22.4. The molecule has 0 N–H and O–H groups in total. The van der Waals surface area contributed by atoms with Crippen LogP contribution in [0.5, 0.6) is 5.75 Å². The van der Waals surface area contributed by atoms with Crippen molar-refractivity contribution in [2.24, 2.45) is 0 Å². The van der Waals surface area contributed by atoms with Gasteiger partial charge in [0.1, 0.15) is 5.75 Å². The third-order valence-corrected chi connectivity index (χ3v) is 22.4. The van der Waals surface area contributed by atoms with Crippen molar-refractivity contribution in [1.29, 1.82) is 0 Å². The van der Waals surface area contributed by atoms with Crippen LogP contribution in [-0.4, -0.2) is 35.8 Å². The summed E-state index contributed by atoms with van der Waals surface area (Å²) in [7, 11) is 1.72. The number of methoxy groups -OCH3 is 1. The number of aryl methyl sites for hydroxylation is 1. The van der Waals surface area contributed by atoms with E-state index in [1.54, 1.807) is 48.3 Å². The number of pyridine rings is 3. The van der Waals surface area contributed by atoms with E-state index in [1.165, 1.54) is 54.9 Å². The molecule has 0 aliphatic carbocycles. The number of fused-ring (bicyclic) bond motifs is 12. The molecule has 0 atom stereocenters. The molecule has 0 fully saturated rings. The summed E-state index contributed by atoms with van der Waals surface area (Å²) in [5, 5.41) is 19.9. The molecule has 24 rings (SSSR count). The highest BCUT2D eigenvalue weighted by Crippen LogP contribution is 2.50. The van der Waals surface area contributed by atoms with Gasteiger partial charge in [0.05, 0.1) is 81.7 Å². The smallest absolute Gasteiger partial charge is 0.200 e. The summed E-state index contributed by atoms with van der Waals surface area (Å²) < 4.78 is 168. The Hall–Kier alpha value is -14.6. The van der Waals surface area contributed by atoms with Crippen molar-refractivity contribution in [2.75, 3.05) is 7.11 Å². The molecular formula is C101H59F5N6O. The fourth-order valence-corrected chi connectivity index (χ4v) is 17.8. The Morgan fingerprint density at radius 3 is 1.13 bits per heavy atom. The molecule has 0 saturated heterocycles. The lowest BCUT2D eigenvalue weighted by Crippen LogP contribution is -2.04. The van der Waals surface area contributed by atoms with Crippen LogP contribution in [0.3, 0.4) is 0 Å². The second-order valence-electron chi connectivity index (χ2n) is 28.4. The normalized spacial score (nSPS) is 13.3. The SMILES string of the molecule is COc1cc(C)cc(-n2c3cccnc3c3c4ccc5ccc(-c6ccccc6)c6ccc(cc32)c4c56)c1.Fc1c(F)c(F)c(-c2ccc3ccc4c5c(ccc2c35)cc2c4c3ncccc3n2-c2ccccc2)c(F)c1F.[2H]c1c([2H])c([2H])c(-c2ccc3ccc4c5c(ccc2c35)cc2c4c3ncccc3n2-c2c([2H])c([2H])c([2H])c([2H])c2[2H])c([2H])c1[2H]. The van der Waals surface area contributed by atoms with Crippen molar-refractivity contribution in [2.45, 2.75) is 6.92 Å². The second kappa shape index (κ2) is 25.2. The Balaban J connectivity index is 0.000000110. The summed E-state index contributed by atoms with van der Waals surface area (Å²) in [5.74, 6) is -8.98. The lowest BCUT2D eigenvalue weighted by molar-refractivity contribution is 0.381. The van der Waals surface area contributed by atoms with Gasteiger partial charge in [-0.3, -0.25) is 15.0 Å². The van der Waals surface area contributed by atoms with Crippen molar-refractivity contribution in [1.82, 2.24) is 28.7 Å². The Bertz CT molecular complexity index is 8640. The molecule has 0 aliphatic rings. The Kier molecular flexibility index (Phi) is 12.4. The quantitative estimate of drug-likeness (QED) is 0.0690. The van der Waals surface area contributed by atoms with Gasteiger partial charge < -0.3 is 18.4 Å². The zero-order valence-corrected chi connectivity index (χ0v) is 59.8. The number of aromatic nitrogens is 6. The molecule has 12 heteroatoms. The molecular weight excluding hydrogens is 1410 g/mol. The van der Waals surface area contributed by atoms with Crippen LogP contribution >= 0.6 is 0 Å². The number of nitrogens with zero attached hydrogens (tertiary/aromatic N) is 6. The maximum atomic E-state index is 14.9. The average Bonchev–Trinajstić information content (AvgIpc) is 1.58. The minimum Gasteiger partial charge on any atom is -0.497 e. The first kappa shape index (κ1) is 55.7. The lowest BCUT2D eigenvalue weighted by atomic mass is 9.88. The van der Waals surface area contributed by atoms with Crippen LogP contribution in [0.1, 0.15) is 19.3 Å². The van der Waals surface area contributed by atoms with E-state index in [0.29, 0.717) is 32.9 Å². The van der Waals surface area contributed by atoms with E-state index in [9.17, 15) is 22.0 Å². The zero-order chi connectivity index (χ0) is 84.3. The van der Waals surface area contributed by atoms with Gasteiger partial charge in [0.15, 0.2) is 23.3 Å². The molecule has 0 aliphatic heterocycles. The maximum absolute atomic E-state index is 14.9. The highest BCUT2D eigenvalue weighted by Gasteiger charge is 2.30. The molecule has 0 spiro atoms. The monoisotopic (exact) mass is 1480 g/mol. The molecule has 534 valence electrons. The van der Waals surface area contributed by atoms with E-state index in [-0.39, 0.29) is 41.0 Å². The van der Waals surface area contributed by atoms with Crippen LogP contribution in [0.4, 0.5) is 22.0 Å². The van der Waals surface area contributed by atoms with Gasteiger partial charge in [0.2, 0.25) is 5.82 Å². The molecule has 6 heterocycles. The molecule has 24 aromatic rings. The van der Waals surface area contributed by atoms with Gasteiger partial charge in [-0.05, 0) is 228 Å². The van der Waals surface area contributed by atoms with Gasteiger partial charge in [-0.2, -0.15) is 0 Å². The van der Waals surface area contributed by atoms with E-state index in [0.717, 1.165) is 120 Å². The number of ether oxygens (including phenoxy) is 1. The standard InChI is InChI=1S/C35H24N2O.C33H15F5N2.C33H20N2/c1-21-17-25(20-26(18-21)38-2)37-30-9-6-16-36-35(30)34-29-15-11-23-10-13-27(22-7-4-3-5-8-22)28-14-12-24(19-31(34)37)33(29)32(23)28;34-28-27(29(35)31(37)32(38)30(28)36)20-11-8-16-9-13-21-25-17(10-12-19(20)24(16)25)15-23-26(21)33-22(7-4-14-39-33)40(23)18-5-2-1-3-6-18;1-3-8-21(9-4-1)25-16-13-22-14-18-27-31-23(15-17-26(25)30(22)31)20-29-32(27)33-28(12-7-19-34-33)35(29)24-10-5-2-6-11-24/h3-20H,1-2H3;1-15H;1-20H/i;;1D,2D,3D,4D,5D,6D,8D,9D,10D,11D. The van der Waals surface area contributed by atoms with E-state index in [1.807, 2.05) is 115 Å². The minimum absolute atomic E-state index is 0.0327. The fourth-order valence-electron chi connectivity index (χ4n) is 17.8. The first-order chi connectivity index (χ1) is 59.7. The van der Waals surface area contributed by atoms with Crippen LogP contribution < -0.4 is 4.74 Å². The molecule has 113 heavy (non-hydrogen) atoms. The van der Waals surface area contributed by atoms with Gasteiger partial charge in [-0.25, -0.2) is 22.0 Å². The number of benzene rings is 18. The van der Waals surface area contributed by atoms with Gasteiger partial charge in [-0.1, -0.05) is 206 Å². The highest BCUT2D eigenvalue weighted by molar-refractivity contribution is 6.37. The first-order valence-corrected chi connectivity index (χ1v) is 36.6. The minimum atomic E-state index is -2.18. The van der Waals surface area contributed by atoms with Crippen LogP contribution in [0.2, 0.25) is 0 Å². The largest absolute Gasteiger partial charge is 0.497 e. The molecule has 0 amide bonds. The van der Waals surface area contributed by atoms with Crippen molar-refractivity contribution in [3.05, 3.63) is 356 Å². The molecule has 0 radical (unpaired) electrons. The molecule has 18 aromatic carbocycles. The van der Waals surface area contributed by atoms with Crippen LogP contribution in [0, 0.1) is 36.0 Å². The molecule has 7 nitrogen and oxygen atoms in total. The number of para-hydroxylation sites is 2. The number of hydrogen-bond acceptors (Lipinski definition) is 4. The summed E-state index contributed by atoms with van der Waals surface area (Å²) in [5.41, 5.74) is 13.1. The second-order valence-corrected chi connectivity index (χ2v) is 28.4. The van der Waals surface area contributed by atoms with E-state index < -0.39 is 70.9 Å². The number of rotatable bonds is 7. The van der Waals surface area contributed by atoms with E-state index >= 15 is 0 Å².